The van der Waals surface area contributed by atoms with Crippen LogP contribution < -0.4 is 16.4 Å². The zero-order valence-corrected chi connectivity index (χ0v) is 10.1. The van der Waals surface area contributed by atoms with E-state index in [0.717, 1.165) is 5.56 Å². The van der Waals surface area contributed by atoms with E-state index in [1.165, 1.54) is 19.2 Å². The van der Waals surface area contributed by atoms with Gasteiger partial charge >= 0.3 is 0 Å². The normalized spacial score (nSPS) is 11.7. The van der Waals surface area contributed by atoms with E-state index in [4.69, 9.17) is 10.8 Å². The highest BCUT2D eigenvalue weighted by molar-refractivity contribution is 5.87. The molecule has 1 unspecified atom stereocenters. The SMILES string of the molecule is CNC(=O)CNC(=O)C(N)Cc1ccc(O)cc1. The van der Waals surface area contributed by atoms with Crippen LogP contribution in [0, 0.1) is 0 Å². The molecule has 0 heterocycles. The van der Waals surface area contributed by atoms with Gasteiger partial charge in [-0.15, -0.1) is 0 Å². The minimum absolute atomic E-state index is 0.0847. The summed E-state index contributed by atoms with van der Waals surface area (Å²) < 4.78 is 0. The molecule has 6 heteroatoms. The molecule has 0 fully saturated rings. The smallest absolute Gasteiger partial charge is 0.239 e. The van der Waals surface area contributed by atoms with Gasteiger partial charge in [0.15, 0.2) is 0 Å². The molecule has 18 heavy (non-hydrogen) atoms. The summed E-state index contributed by atoms with van der Waals surface area (Å²) in [6.45, 7) is -0.0847. The number of hydrogen-bond donors (Lipinski definition) is 4. The van der Waals surface area contributed by atoms with Crippen LogP contribution in [0.4, 0.5) is 0 Å². The summed E-state index contributed by atoms with van der Waals surface area (Å²) in [7, 11) is 1.49. The zero-order chi connectivity index (χ0) is 13.5. The monoisotopic (exact) mass is 251 g/mol. The van der Waals surface area contributed by atoms with Crippen LogP contribution in [0.15, 0.2) is 24.3 Å². The molecule has 1 atom stereocenters. The minimum atomic E-state index is -0.723. The molecule has 0 bridgehead atoms. The van der Waals surface area contributed by atoms with Crippen molar-refractivity contribution in [3.05, 3.63) is 29.8 Å². The highest BCUT2D eigenvalue weighted by Gasteiger charge is 2.14. The molecule has 98 valence electrons. The van der Waals surface area contributed by atoms with Gasteiger partial charge in [0.1, 0.15) is 5.75 Å². The van der Waals surface area contributed by atoms with E-state index in [1.807, 2.05) is 0 Å². The van der Waals surface area contributed by atoms with Gasteiger partial charge in [-0.1, -0.05) is 12.1 Å². The first-order chi connectivity index (χ1) is 8.52. The Morgan fingerprint density at radius 2 is 1.94 bits per heavy atom. The number of nitrogens with one attached hydrogen (secondary N) is 2. The Morgan fingerprint density at radius 3 is 2.50 bits per heavy atom. The Labute approximate surface area is 105 Å². The van der Waals surface area contributed by atoms with Crippen molar-refractivity contribution in [3.63, 3.8) is 0 Å². The van der Waals surface area contributed by atoms with Gasteiger partial charge in [-0.2, -0.15) is 0 Å². The summed E-state index contributed by atoms with van der Waals surface area (Å²) in [6, 6.07) is 5.73. The molecule has 0 spiro atoms. The lowest BCUT2D eigenvalue weighted by Crippen LogP contribution is -2.45. The number of nitrogens with two attached hydrogens (primary N) is 1. The minimum Gasteiger partial charge on any atom is -0.508 e. The average Bonchev–Trinajstić information content (AvgIpc) is 2.38. The fraction of sp³-hybridized carbons (Fsp3) is 0.333. The molecule has 6 nitrogen and oxygen atoms in total. The van der Waals surface area contributed by atoms with Crippen LogP contribution >= 0.6 is 0 Å². The molecule has 1 rings (SSSR count). The zero-order valence-electron chi connectivity index (χ0n) is 10.1. The quantitative estimate of drug-likeness (QED) is 0.545. The van der Waals surface area contributed by atoms with E-state index < -0.39 is 6.04 Å². The maximum absolute atomic E-state index is 11.6. The van der Waals surface area contributed by atoms with Crippen LogP contribution in [-0.2, 0) is 16.0 Å². The Hall–Kier alpha value is -2.08. The Balaban J connectivity index is 2.44. The van der Waals surface area contributed by atoms with Gasteiger partial charge in [0.05, 0.1) is 12.6 Å². The number of benzene rings is 1. The third-order valence-electron chi connectivity index (χ3n) is 2.43. The molecule has 1 aromatic carbocycles. The second-order valence-electron chi connectivity index (χ2n) is 3.87. The number of phenolic OH excluding ortho intramolecular Hbond substituents is 1. The first-order valence-electron chi connectivity index (χ1n) is 5.54. The Kier molecular flexibility index (Phi) is 5.13. The fourth-order valence-electron chi connectivity index (χ4n) is 1.37. The molecular formula is C12H17N3O3. The second-order valence-corrected chi connectivity index (χ2v) is 3.87. The predicted molar refractivity (Wildman–Crippen MR) is 66.9 cm³/mol. The number of likely N-dealkylation sites (N-methyl/N-ethyl adjacent to an activating group) is 1. The Bertz CT molecular complexity index is 417. The molecule has 1 aromatic rings. The molecule has 0 saturated heterocycles. The van der Waals surface area contributed by atoms with Crippen LogP contribution in [-0.4, -0.2) is 36.6 Å². The number of rotatable bonds is 5. The summed E-state index contributed by atoms with van der Waals surface area (Å²) in [5.74, 6) is -0.497. The van der Waals surface area contributed by atoms with E-state index in [1.54, 1.807) is 12.1 Å². The number of hydrogen-bond acceptors (Lipinski definition) is 4. The molecule has 0 saturated carbocycles. The number of amides is 2. The summed E-state index contributed by atoms with van der Waals surface area (Å²) in [6.07, 6.45) is 0.347. The van der Waals surface area contributed by atoms with Crippen molar-refractivity contribution in [1.29, 1.82) is 0 Å². The van der Waals surface area contributed by atoms with Gasteiger partial charge in [-0.05, 0) is 24.1 Å². The largest absolute Gasteiger partial charge is 0.508 e. The second kappa shape index (κ2) is 6.61. The summed E-state index contributed by atoms with van der Waals surface area (Å²) >= 11 is 0. The number of phenols is 1. The molecule has 0 aliphatic heterocycles. The molecular weight excluding hydrogens is 234 g/mol. The maximum Gasteiger partial charge on any atom is 0.239 e. The van der Waals surface area contributed by atoms with Crippen molar-refractivity contribution >= 4 is 11.8 Å². The van der Waals surface area contributed by atoms with Crippen LogP contribution in [0.5, 0.6) is 5.75 Å². The van der Waals surface area contributed by atoms with Gasteiger partial charge in [-0.3, -0.25) is 9.59 Å². The first-order valence-corrected chi connectivity index (χ1v) is 5.54. The lowest BCUT2D eigenvalue weighted by Gasteiger charge is -2.11. The molecule has 0 radical (unpaired) electrons. The van der Waals surface area contributed by atoms with Gasteiger partial charge in [0, 0.05) is 7.05 Å². The third kappa shape index (κ3) is 4.42. The van der Waals surface area contributed by atoms with Crippen molar-refractivity contribution < 1.29 is 14.7 Å². The third-order valence-corrected chi connectivity index (χ3v) is 2.43. The molecule has 5 N–H and O–H groups in total. The van der Waals surface area contributed by atoms with Gasteiger partial charge < -0.3 is 21.5 Å². The van der Waals surface area contributed by atoms with Crippen LogP contribution in [0.25, 0.3) is 0 Å². The first kappa shape index (κ1) is 14.0. The van der Waals surface area contributed by atoms with Crippen molar-refractivity contribution in [1.82, 2.24) is 10.6 Å². The summed E-state index contributed by atoms with van der Waals surface area (Å²) in [4.78, 5) is 22.5. The molecule has 0 aliphatic carbocycles. The van der Waals surface area contributed by atoms with E-state index in [9.17, 15) is 9.59 Å². The number of carbonyl (C=O) groups excluding carboxylic acids is 2. The van der Waals surface area contributed by atoms with Gasteiger partial charge in [-0.25, -0.2) is 0 Å². The van der Waals surface area contributed by atoms with Gasteiger partial charge in [0.2, 0.25) is 11.8 Å². The fourth-order valence-corrected chi connectivity index (χ4v) is 1.37. The topological polar surface area (TPSA) is 104 Å². The van der Waals surface area contributed by atoms with E-state index in [2.05, 4.69) is 10.6 Å². The van der Waals surface area contributed by atoms with Crippen molar-refractivity contribution in [2.45, 2.75) is 12.5 Å². The van der Waals surface area contributed by atoms with Crippen LogP contribution in [0.2, 0.25) is 0 Å². The molecule has 0 aromatic heterocycles. The Morgan fingerprint density at radius 1 is 1.33 bits per heavy atom. The highest BCUT2D eigenvalue weighted by Crippen LogP contribution is 2.10. The lowest BCUT2D eigenvalue weighted by molar-refractivity contribution is -0.126. The summed E-state index contributed by atoms with van der Waals surface area (Å²) in [5.41, 5.74) is 6.55. The standard InChI is InChI=1S/C12H17N3O3/c1-14-11(17)7-15-12(18)10(13)6-8-2-4-9(16)5-3-8/h2-5,10,16H,6-7,13H2,1H3,(H,14,17)(H,15,18). The van der Waals surface area contributed by atoms with Crippen molar-refractivity contribution in [3.8, 4) is 5.75 Å². The highest BCUT2D eigenvalue weighted by atomic mass is 16.3. The lowest BCUT2D eigenvalue weighted by atomic mass is 10.1. The van der Waals surface area contributed by atoms with Crippen LogP contribution in [0.1, 0.15) is 5.56 Å². The van der Waals surface area contributed by atoms with E-state index in [0.29, 0.717) is 6.42 Å². The average molecular weight is 251 g/mol. The van der Waals surface area contributed by atoms with E-state index >= 15 is 0 Å². The maximum atomic E-state index is 11.6. The van der Waals surface area contributed by atoms with Gasteiger partial charge in [0.25, 0.3) is 0 Å². The summed E-state index contributed by atoms with van der Waals surface area (Å²) in [5, 5.41) is 13.9. The van der Waals surface area contributed by atoms with Crippen LogP contribution in [0.3, 0.4) is 0 Å². The van der Waals surface area contributed by atoms with Crippen molar-refractivity contribution in [2.24, 2.45) is 5.73 Å². The van der Waals surface area contributed by atoms with E-state index in [-0.39, 0.29) is 24.1 Å². The molecule has 2 amide bonds. The number of aromatic hydroxyl groups is 1. The number of carbonyl (C=O) groups is 2. The predicted octanol–water partition coefficient (Wildman–Crippen LogP) is -0.876. The van der Waals surface area contributed by atoms with Crippen molar-refractivity contribution in [2.75, 3.05) is 13.6 Å². The molecule has 0 aliphatic rings.